The van der Waals surface area contributed by atoms with Gasteiger partial charge in [-0.2, -0.15) is 0 Å². The second-order valence-corrected chi connectivity index (χ2v) is 6.96. The van der Waals surface area contributed by atoms with Crippen LogP contribution in [-0.4, -0.2) is 67.9 Å². The third kappa shape index (κ3) is 5.50. The van der Waals surface area contributed by atoms with Crippen molar-refractivity contribution in [2.75, 3.05) is 46.9 Å². The molecule has 2 rings (SSSR count). The van der Waals surface area contributed by atoms with Crippen LogP contribution >= 0.6 is 11.3 Å². The van der Waals surface area contributed by atoms with Gasteiger partial charge in [-0.25, -0.2) is 0 Å². The van der Waals surface area contributed by atoms with Gasteiger partial charge in [0, 0.05) is 24.5 Å². The van der Waals surface area contributed by atoms with Crippen molar-refractivity contribution in [3.63, 3.8) is 0 Å². The predicted octanol–water partition coefficient (Wildman–Crippen LogP) is 1.51. The Morgan fingerprint density at radius 2 is 2.40 bits per heavy atom. The van der Waals surface area contributed by atoms with Gasteiger partial charge in [0.05, 0.1) is 19.3 Å². The van der Waals surface area contributed by atoms with Gasteiger partial charge in [-0.05, 0) is 44.4 Å². The molecule has 1 aromatic heterocycles. The van der Waals surface area contributed by atoms with Crippen molar-refractivity contribution < 1.29 is 9.84 Å². The van der Waals surface area contributed by atoms with Crippen LogP contribution in [0.2, 0.25) is 0 Å². The summed E-state index contributed by atoms with van der Waals surface area (Å²) < 4.78 is 5.57. The quantitative estimate of drug-likeness (QED) is 0.789. The maximum Gasteiger partial charge on any atom is 0.0900 e. The Kier molecular flexibility index (Phi) is 6.45. The molecule has 1 aliphatic rings. The fourth-order valence-electron chi connectivity index (χ4n) is 2.79. The van der Waals surface area contributed by atoms with Crippen molar-refractivity contribution in [3.05, 3.63) is 22.4 Å². The van der Waals surface area contributed by atoms with E-state index in [-0.39, 0.29) is 6.10 Å². The van der Waals surface area contributed by atoms with E-state index in [1.807, 2.05) is 11.4 Å². The Bertz CT molecular complexity index is 370. The zero-order valence-electron chi connectivity index (χ0n) is 12.5. The number of thiophene rings is 1. The molecule has 114 valence electrons. The number of aliphatic hydroxyl groups is 1. The van der Waals surface area contributed by atoms with Crippen molar-refractivity contribution in [2.24, 2.45) is 5.92 Å². The molecular formula is C15H26N2O2S. The summed E-state index contributed by atoms with van der Waals surface area (Å²) in [5.74, 6) is 0.740. The molecule has 0 bridgehead atoms. The monoisotopic (exact) mass is 298 g/mol. The average molecular weight is 298 g/mol. The molecule has 0 aliphatic carbocycles. The standard InChI is InChI=1S/C15H26N2O2S/c1-16(2)8-13-5-6-17(9-13)10-14(18)11-19-12-15-4-3-7-20-15/h3-4,7,13-14,18H,5-6,8-12H2,1-2H3/t13-,14-/m0/s1. The lowest BCUT2D eigenvalue weighted by atomic mass is 10.1. The fraction of sp³-hybridized carbons (Fsp3) is 0.733. The first-order chi connectivity index (χ1) is 9.63. The number of β-amino-alcohol motifs (C(OH)–C–C–N with tert-alkyl or cyclic N) is 1. The van der Waals surface area contributed by atoms with Crippen molar-refractivity contribution in [1.82, 2.24) is 9.80 Å². The normalized spacial score (nSPS) is 21.7. The molecule has 2 atom stereocenters. The van der Waals surface area contributed by atoms with E-state index in [2.05, 4.69) is 30.0 Å². The second-order valence-electron chi connectivity index (χ2n) is 5.92. The zero-order chi connectivity index (χ0) is 14.4. The van der Waals surface area contributed by atoms with Crippen molar-refractivity contribution in [2.45, 2.75) is 19.1 Å². The van der Waals surface area contributed by atoms with E-state index in [1.54, 1.807) is 11.3 Å². The van der Waals surface area contributed by atoms with E-state index < -0.39 is 0 Å². The molecule has 0 spiro atoms. The van der Waals surface area contributed by atoms with E-state index in [0.717, 1.165) is 32.1 Å². The number of aliphatic hydroxyl groups excluding tert-OH is 1. The molecule has 2 heterocycles. The van der Waals surface area contributed by atoms with Gasteiger partial charge >= 0.3 is 0 Å². The molecule has 0 amide bonds. The summed E-state index contributed by atoms with van der Waals surface area (Å²) in [4.78, 5) is 5.81. The van der Waals surface area contributed by atoms with Gasteiger partial charge in [0.2, 0.25) is 0 Å². The number of nitrogens with zero attached hydrogens (tertiary/aromatic N) is 2. The summed E-state index contributed by atoms with van der Waals surface area (Å²) in [6.07, 6.45) is 0.856. The van der Waals surface area contributed by atoms with Crippen LogP contribution in [0.25, 0.3) is 0 Å². The fourth-order valence-corrected chi connectivity index (χ4v) is 3.43. The molecular weight excluding hydrogens is 272 g/mol. The van der Waals surface area contributed by atoms with Crippen LogP contribution in [0.5, 0.6) is 0 Å². The lowest BCUT2D eigenvalue weighted by molar-refractivity contribution is 0.0136. The molecule has 5 heteroatoms. The Labute approximate surface area is 126 Å². The molecule has 1 N–H and O–H groups in total. The Morgan fingerprint density at radius 3 is 3.10 bits per heavy atom. The van der Waals surface area contributed by atoms with Gasteiger partial charge in [0.15, 0.2) is 0 Å². The topological polar surface area (TPSA) is 35.9 Å². The van der Waals surface area contributed by atoms with Crippen LogP contribution in [0.15, 0.2) is 17.5 Å². The predicted molar refractivity (Wildman–Crippen MR) is 83.1 cm³/mol. The first kappa shape index (κ1) is 15.9. The Hall–Kier alpha value is -0.460. The lowest BCUT2D eigenvalue weighted by Crippen LogP contribution is -2.34. The maximum atomic E-state index is 10.0. The number of ether oxygens (including phenoxy) is 1. The summed E-state index contributed by atoms with van der Waals surface area (Å²) in [6.45, 7) is 5.10. The number of likely N-dealkylation sites (tertiary alicyclic amines) is 1. The minimum Gasteiger partial charge on any atom is -0.389 e. The molecule has 1 fully saturated rings. The molecule has 1 aliphatic heterocycles. The summed E-state index contributed by atoms with van der Waals surface area (Å²) in [5, 5.41) is 12.1. The molecule has 20 heavy (non-hydrogen) atoms. The summed E-state index contributed by atoms with van der Waals surface area (Å²) in [7, 11) is 4.24. The first-order valence-electron chi connectivity index (χ1n) is 7.28. The smallest absolute Gasteiger partial charge is 0.0900 e. The molecule has 4 nitrogen and oxygen atoms in total. The highest BCUT2D eigenvalue weighted by Crippen LogP contribution is 2.17. The van der Waals surface area contributed by atoms with Crippen LogP contribution in [0, 0.1) is 5.92 Å². The Morgan fingerprint density at radius 1 is 1.55 bits per heavy atom. The van der Waals surface area contributed by atoms with Gasteiger partial charge in [0.25, 0.3) is 0 Å². The maximum absolute atomic E-state index is 10.0. The molecule has 0 unspecified atom stereocenters. The SMILES string of the molecule is CN(C)C[C@@H]1CCN(C[C@H](O)COCc2cccs2)C1. The van der Waals surface area contributed by atoms with Crippen LogP contribution in [-0.2, 0) is 11.3 Å². The van der Waals surface area contributed by atoms with Crippen LogP contribution in [0.1, 0.15) is 11.3 Å². The van der Waals surface area contributed by atoms with Crippen molar-refractivity contribution in [1.29, 1.82) is 0 Å². The van der Waals surface area contributed by atoms with Crippen LogP contribution in [0.4, 0.5) is 0 Å². The van der Waals surface area contributed by atoms with Gasteiger partial charge in [0.1, 0.15) is 0 Å². The van der Waals surface area contributed by atoms with E-state index in [9.17, 15) is 5.11 Å². The van der Waals surface area contributed by atoms with E-state index >= 15 is 0 Å². The Balaban J connectivity index is 1.59. The third-order valence-electron chi connectivity index (χ3n) is 3.60. The zero-order valence-corrected chi connectivity index (χ0v) is 13.3. The summed E-state index contributed by atoms with van der Waals surface area (Å²) >= 11 is 1.69. The van der Waals surface area contributed by atoms with Crippen molar-refractivity contribution >= 4 is 11.3 Å². The average Bonchev–Trinajstić information content (AvgIpc) is 3.00. The second kappa shape index (κ2) is 8.10. The lowest BCUT2D eigenvalue weighted by Gasteiger charge is -2.21. The molecule has 0 saturated carbocycles. The number of hydrogen-bond donors (Lipinski definition) is 1. The first-order valence-corrected chi connectivity index (χ1v) is 8.16. The third-order valence-corrected chi connectivity index (χ3v) is 4.45. The molecule has 0 radical (unpaired) electrons. The largest absolute Gasteiger partial charge is 0.389 e. The van der Waals surface area contributed by atoms with Crippen LogP contribution < -0.4 is 0 Å². The van der Waals surface area contributed by atoms with Crippen molar-refractivity contribution in [3.8, 4) is 0 Å². The highest BCUT2D eigenvalue weighted by Gasteiger charge is 2.24. The van der Waals surface area contributed by atoms with E-state index in [0.29, 0.717) is 13.2 Å². The van der Waals surface area contributed by atoms with Gasteiger partial charge in [-0.3, -0.25) is 0 Å². The summed E-state index contributed by atoms with van der Waals surface area (Å²) in [5.41, 5.74) is 0. The van der Waals surface area contributed by atoms with E-state index in [4.69, 9.17) is 4.74 Å². The van der Waals surface area contributed by atoms with Crippen LogP contribution in [0.3, 0.4) is 0 Å². The molecule has 1 saturated heterocycles. The molecule has 0 aromatic carbocycles. The van der Waals surface area contributed by atoms with Gasteiger partial charge in [-0.15, -0.1) is 11.3 Å². The van der Waals surface area contributed by atoms with Gasteiger partial charge < -0.3 is 19.6 Å². The highest BCUT2D eigenvalue weighted by atomic mass is 32.1. The van der Waals surface area contributed by atoms with Gasteiger partial charge in [-0.1, -0.05) is 6.07 Å². The number of rotatable bonds is 8. The minimum atomic E-state index is -0.381. The van der Waals surface area contributed by atoms with E-state index in [1.165, 1.54) is 11.3 Å². The molecule has 1 aromatic rings. The highest BCUT2D eigenvalue weighted by molar-refractivity contribution is 7.09. The summed E-state index contributed by atoms with van der Waals surface area (Å²) in [6, 6.07) is 4.08. The number of hydrogen-bond acceptors (Lipinski definition) is 5. The minimum absolute atomic E-state index is 0.381.